The smallest absolute Gasteiger partial charge is 0.104 e. The molecule has 0 amide bonds. The fourth-order valence-corrected chi connectivity index (χ4v) is 15.5. The Morgan fingerprint density at radius 1 is 0.177 bits per heavy atom. The van der Waals surface area contributed by atoms with Gasteiger partial charge in [0.1, 0.15) is 11.6 Å². The van der Waals surface area contributed by atoms with Crippen LogP contribution in [0.15, 0.2) is 346 Å². The minimum absolute atomic E-state index is 0.509. The Labute approximate surface area is 554 Å². The first kappa shape index (κ1) is 54.7. The second-order valence-electron chi connectivity index (χ2n) is 25.0. The third-order valence-electron chi connectivity index (χ3n) is 19.8. The van der Waals surface area contributed by atoms with Crippen molar-refractivity contribution in [3.05, 3.63) is 351 Å². The largest absolute Gasteiger partial charge is 0.306 e. The molecule has 19 aromatic rings. The molecule has 0 atom stereocenters. The zero-order valence-corrected chi connectivity index (χ0v) is 52.1. The fourth-order valence-electron chi connectivity index (χ4n) is 15.5. The molecule has 96 heavy (non-hydrogen) atoms. The van der Waals surface area contributed by atoms with Crippen molar-refractivity contribution in [2.24, 2.45) is 0 Å². The van der Waals surface area contributed by atoms with Gasteiger partial charge in [-0.25, -0.2) is 0 Å². The molecule has 0 fully saturated rings. The average Bonchev–Trinajstić information content (AvgIpc) is 1.49. The number of aromatic nitrogens is 4. The van der Waals surface area contributed by atoms with Crippen molar-refractivity contribution in [3.63, 3.8) is 0 Å². The molecule has 0 aliphatic carbocycles. The van der Waals surface area contributed by atoms with Crippen LogP contribution in [0.5, 0.6) is 0 Å². The molecule has 19 rings (SSSR count). The van der Waals surface area contributed by atoms with E-state index in [1.165, 1.54) is 0 Å². The van der Waals surface area contributed by atoms with Crippen LogP contribution in [0.3, 0.4) is 0 Å². The molecule has 5 heteroatoms. The lowest BCUT2D eigenvalue weighted by atomic mass is 9.91. The number of fused-ring (bicyclic) bond motifs is 12. The van der Waals surface area contributed by atoms with Crippen molar-refractivity contribution < 1.29 is 0 Å². The summed E-state index contributed by atoms with van der Waals surface area (Å²) in [7, 11) is 0. The normalized spacial score (nSPS) is 11.7. The van der Waals surface area contributed by atoms with Crippen LogP contribution in [0.4, 0.5) is 0 Å². The molecule has 0 saturated carbocycles. The van der Waals surface area contributed by atoms with E-state index in [1.54, 1.807) is 0 Å². The van der Waals surface area contributed by atoms with Crippen molar-refractivity contribution in [2.45, 2.75) is 0 Å². The van der Waals surface area contributed by atoms with Gasteiger partial charge in [0.25, 0.3) is 0 Å². The molecule has 0 N–H and O–H groups in total. The number of hydrogen-bond acceptors (Lipinski definition) is 1. The highest BCUT2D eigenvalue weighted by Crippen LogP contribution is 2.53. The van der Waals surface area contributed by atoms with E-state index in [-0.39, 0.29) is 0 Å². The van der Waals surface area contributed by atoms with E-state index in [0.717, 1.165) is 177 Å². The molecule has 0 aliphatic heterocycles. The van der Waals surface area contributed by atoms with Crippen LogP contribution in [0, 0.1) is 11.3 Å². The zero-order valence-electron chi connectivity index (χ0n) is 52.1. The van der Waals surface area contributed by atoms with Crippen LogP contribution in [0.2, 0.25) is 0 Å². The topological polar surface area (TPSA) is 43.5 Å². The van der Waals surface area contributed by atoms with E-state index in [0.29, 0.717) is 5.56 Å². The number of para-hydroxylation sites is 4. The molecular weight excluding hydrogens is 1160 g/mol. The van der Waals surface area contributed by atoms with Gasteiger partial charge in [-0.3, -0.25) is 0 Å². The van der Waals surface area contributed by atoms with E-state index >= 15 is 0 Å². The lowest BCUT2D eigenvalue weighted by molar-refractivity contribution is 1.04. The van der Waals surface area contributed by atoms with Gasteiger partial charge in [-0.15, -0.1) is 0 Å². The van der Waals surface area contributed by atoms with E-state index < -0.39 is 0 Å². The Balaban J connectivity index is 1.11. The monoisotopic (exact) mass is 1220 g/mol. The van der Waals surface area contributed by atoms with E-state index in [2.05, 4.69) is 370 Å². The summed E-state index contributed by atoms with van der Waals surface area (Å²) in [6.45, 7) is 0. The van der Waals surface area contributed by atoms with Crippen molar-refractivity contribution in [2.75, 3.05) is 0 Å². The van der Waals surface area contributed by atoms with Crippen molar-refractivity contribution >= 4 is 87.2 Å². The van der Waals surface area contributed by atoms with Crippen molar-refractivity contribution in [1.29, 1.82) is 5.26 Å². The van der Waals surface area contributed by atoms with Crippen LogP contribution < -0.4 is 0 Å². The van der Waals surface area contributed by atoms with Gasteiger partial charge >= 0.3 is 0 Å². The summed E-state index contributed by atoms with van der Waals surface area (Å²) in [4.78, 5) is 0. The molecule has 0 unspecified atom stereocenters. The minimum atomic E-state index is 0.509. The Hall–Kier alpha value is -13.0. The molecule has 0 bridgehead atoms. The summed E-state index contributed by atoms with van der Waals surface area (Å²) in [5, 5.41) is 22.1. The second kappa shape index (κ2) is 22.1. The van der Waals surface area contributed by atoms with Gasteiger partial charge in [0.15, 0.2) is 0 Å². The molecular formula is C91H57N5. The first-order valence-electron chi connectivity index (χ1n) is 32.8. The Kier molecular flexibility index (Phi) is 12.6. The quantitative estimate of drug-likeness (QED) is 0.135. The molecule has 0 spiro atoms. The third kappa shape index (κ3) is 8.49. The van der Waals surface area contributed by atoms with E-state index in [1.807, 2.05) is 0 Å². The van der Waals surface area contributed by atoms with Crippen molar-refractivity contribution in [3.8, 4) is 95.6 Å². The first-order chi connectivity index (χ1) is 47.6. The van der Waals surface area contributed by atoms with Gasteiger partial charge in [0.05, 0.1) is 66.9 Å². The fraction of sp³-hybridized carbons (Fsp3) is 0. The third-order valence-corrected chi connectivity index (χ3v) is 19.8. The molecule has 15 aromatic carbocycles. The van der Waals surface area contributed by atoms with Crippen molar-refractivity contribution in [1.82, 2.24) is 18.3 Å². The maximum atomic E-state index is 13.4. The Bertz CT molecular complexity index is 5720. The first-order valence-corrected chi connectivity index (χ1v) is 32.8. The number of rotatable bonds is 10. The van der Waals surface area contributed by atoms with Crippen LogP contribution in [0.1, 0.15) is 5.56 Å². The van der Waals surface area contributed by atoms with Gasteiger partial charge in [-0.2, -0.15) is 5.26 Å². The van der Waals surface area contributed by atoms with Crippen LogP contribution in [0.25, 0.3) is 177 Å². The van der Waals surface area contributed by atoms with Gasteiger partial charge in [0, 0.05) is 48.7 Å². The molecule has 5 nitrogen and oxygen atoms in total. The summed E-state index contributed by atoms with van der Waals surface area (Å²) >= 11 is 0. The Morgan fingerprint density at radius 3 is 0.698 bits per heavy atom. The van der Waals surface area contributed by atoms with Gasteiger partial charge in [0.2, 0.25) is 0 Å². The second-order valence-corrected chi connectivity index (χ2v) is 25.0. The van der Waals surface area contributed by atoms with E-state index in [9.17, 15) is 5.26 Å². The highest BCUT2D eigenvalue weighted by molar-refractivity contribution is 6.18. The number of nitrogens with zero attached hydrogens (tertiary/aromatic N) is 5. The van der Waals surface area contributed by atoms with Gasteiger partial charge < -0.3 is 18.3 Å². The average molecular weight is 1220 g/mol. The predicted octanol–water partition coefficient (Wildman–Crippen LogP) is 23.9. The predicted molar refractivity (Wildman–Crippen MR) is 401 cm³/mol. The summed E-state index contributed by atoms with van der Waals surface area (Å²) in [6, 6.07) is 129. The Morgan fingerprint density at radius 2 is 0.406 bits per heavy atom. The van der Waals surface area contributed by atoms with Gasteiger partial charge in [-0.1, -0.05) is 267 Å². The zero-order chi connectivity index (χ0) is 63.4. The minimum Gasteiger partial charge on any atom is -0.306 e. The SMILES string of the molecule is N#Cc1c(-n2c3ccccc3c3ccccc32)c(-n2c3ccc(-c4ccccc4)cc3c3cc(-c4ccccc4)ccc32)c(-c2cccc(-c3ccccc3)c2)c(-n2c3ccc(-c4ccccc4)cc3c3cc(-c4ccccc4)ccc32)c1-n1c2ccccc2c2ccccc21. The summed E-state index contributed by atoms with van der Waals surface area (Å²) in [6.07, 6.45) is 0. The van der Waals surface area contributed by atoms with E-state index in [4.69, 9.17) is 0 Å². The lowest BCUT2D eigenvalue weighted by Gasteiger charge is -2.29. The molecule has 0 radical (unpaired) electrons. The number of benzene rings is 15. The van der Waals surface area contributed by atoms with Crippen LogP contribution in [-0.4, -0.2) is 18.3 Å². The summed E-state index contributed by atoms with van der Waals surface area (Å²) < 4.78 is 9.88. The highest BCUT2D eigenvalue weighted by Gasteiger charge is 2.35. The summed E-state index contributed by atoms with van der Waals surface area (Å²) in [5.41, 5.74) is 24.7. The standard InChI is InChI=1S/C91H57N5/c92-58-78-88(93-79-41-20-16-37-70(79)71-38-17-21-42-80(71)93)90(95-83-49-45-65(60-27-8-2-9-28-60)54-74(83)75-55-66(46-50-84(75)95)61-29-10-3-11-30-61)87(69-36-24-35-64(53-69)59-25-6-1-7-26-59)91(89(78)94-81-43-22-18-39-72(81)73-40-19-23-44-82(73)94)96-85-51-47-67(62-31-12-4-13-32-62)56-76(85)77-57-68(48-52-86(77)96)63-33-14-5-15-34-63/h1-57H. The number of nitriles is 1. The van der Waals surface area contributed by atoms with Crippen LogP contribution in [-0.2, 0) is 0 Å². The highest BCUT2D eigenvalue weighted by atomic mass is 15.1. The maximum absolute atomic E-state index is 13.4. The van der Waals surface area contributed by atoms with Gasteiger partial charge in [-0.05, 0) is 140 Å². The van der Waals surface area contributed by atoms with Crippen LogP contribution >= 0.6 is 0 Å². The molecule has 4 heterocycles. The maximum Gasteiger partial charge on any atom is 0.104 e. The number of hydrogen-bond donors (Lipinski definition) is 0. The molecule has 0 saturated heterocycles. The molecule has 0 aliphatic rings. The summed E-state index contributed by atoms with van der Waals surface area (Å²) in [5.74, 6) is 0. The molecule has 4 aromatic heterocycles. The lowest BCUT2D eigenvalue weighted by Crippen LogP contribution is -2.16. The molecule has 446 valence electrons.